The number of hydrogen-bond donors (Lipinski definition) is 1. The molecule has 2 aromatic rings. The zero-order valence-corrected chi connectivity index (χ0v) is 12.8. The number of rotatable bonds is 4. The fourth-order valence-corrected chi connectivity index (χ4v) is 3.17. The van der Waals surface area contributed by atoms with Gasteiger partial charge in [0, 0.05) is 32.9 Å². The summed E-state index contributed by atoms with van der Waals surface area (Å²) in [5.41, 5.74) is 2.01. The number of benzene rings is 1. The Morgan fingerprint density at radius 1 is 1.22 bits per heavy atom. The van der Waals surface area contributed by atoms with Gasteiger partial charge in [-0.1, -0.05) is 15.9 Å². The fraction of sp³-hybridized carbons (Fsp3) is 0.286. The molecular formula is C14H15BrFNS. The number of thiophene rings is 1. The Hall–Kier alpha value is -0.710. The van der Waals surface area contributed by atoms with Gasteiger partial charge in [0.25, 0.3) is 0 Å². The minimum absolute atomic E-state index is 0.163. The number of hydrogen-bond acceptors (Lipinski definition) is 2. The third kappa shape index (κ3) is 3.40. The van der Waals surface area contributed by atoms with Crippen LogP contribution in [-0.2, 0) is 13.1 Å². The Kier molecular flexibility index (Phi) is 4.54. The molecule has 0 saturated heterocycles. The Morgan fingerprint density at radius 2 is 2.00 bits per heavy atom. The van der Waals surface area contributed by atoms with Crippen molar-refractivity contribution < 1.29 is 4.39 Å². The SMILES string of the molecule is Cc1cc(CNCc2cc(Br)ccc2F)sc1C. The first-order valence-corrected chi connectivity index (χ1v) is 7.38. The zero-order valence-electron chi connectivity index (χ0n) is 10.4. The second-order valence-electron chi connectivity index (χ2n) is 4.29. The highest BCUT2D eigenvalue weighted by atomic mass is 79.9. The quantitative estimate of drug-likeness (QED) is 0.868. The maximum absolute atomic E-state index is 13.5. The van der Waals surface area contributed by atoms with Crippen LogP contribution in [0.25, 0.3) is 0 Å². The maximum atomic E-state index is 13.5. The summed E-state index contributed by atoms with van der Waals surface area (Å²) >= 11 is 5.14. The lowest BCUT2D eigenvalue weighted by Crippen LogP contribution is -2.12. The molecule has 96 valence electrons. The van der Waals surface area contributed by atoms with Crippen molar-refractivity contribution in [3.63, 3.8) is 0 Å². The van der Waals surface area contributed by atoms with Crippen LogP contribution in [0.4, 0.5) is 4.39 Å². The molecule has 0 aliphatic carbocycles. The first-order chi connectivity index (χ1) is 8.56. The monoisotopic (exact) mass is 327 g/mol. The van der Waals surface area contributed by atoms with Crippen LogP contribution >= 0.6 is 27.3 Å². The topological polar surface area (TPSA) is 12.0 Å². The number of halogens is 2. The summed E-state index contributed by atoms with van der Waals surface area (Å²) in [4.78, 5) is 2.64. The summed E-state index contributed by atoms with van der Waals surface area (Å²) in [5, 5.41) is 3.28. The summed E-state index contributed by atoms with van der Waals surface area (Å²) in [7, 11) is 0. The molecule has 0 atom stereocenters. The molecule has 4 heteroatoms. The van der Waals surface area contributed by atoms with Crippen LogP contribution in [0.1, 0.15) is 20.9 Å². The number of aryl methyl sites for hydroxylation is 2. The molecule has 1 aromatic carbocycles. The van der Waals surface area contributed by atoms with E-state index in [1.54, 1.807) is 17.4 Å². The van der Waals surface area contributed by atoms with E-state index in [1.807, 2.05) is 6.07 Å². The van der Waals surface area contributed by atoms with E-state index in [0.29, 0.717) is 12.1 Å². The Morgan fingerprint density at radius 3 is 2.67 bits per heavy atom. The van der Waals surface area contributed by atoms with Crippen molar-refractivity contribution in [1.82, 2.24) is 5.32 Å². The van der Waals surface area contributed by atoms with E-state index in [4.69, 9.17) is 0 Å². The Bertz CT molecular complexity index is 531. The second kappa shape index (κ2) is 5.95. The third-order valence-electron chi connectivity index (χ3n) is 2.84. The molecule has 0 unspecified atom stereocenters. The zero-order chi connectivity index (χ0) is 13.1. The maximum Gasteiger partial charge on any atom is 0.127 e. The standard InChI is InChI=1S/C14H15BrFNS/c1-9-5-13(18-10(9)2)8-17-7-11-6-12(15)3-4-14(11)16/h3-6,17H,7-8H2,1-2H3. The van der Waals surface area contributed by atoms with E-state index >= 15 is 0 Å². The van der Waals surface area contributed by atoms with E-state index in [9.17, 15) is 4.39 Å². The third-order valence-corrected chi connectivity index (χ3v) is 4.49. The van der Waals surface area contributed by atoms with Gasteiger partial charge in [0.15, 0.2) is 0 Å². The minimum atomic E-state index is -0.163. The molecule has 1 N–H and O–H groups in total. The lowest BCUT2D eigenvalue weighted by molar-refractivity contribution is 0.588. The van der Waals surface area contributed by atoms with Crippen LogP contribution in [0.2, 0.25) is 0 Å². The lowest BCUT2D eigenvalue weighted by atomic mass is 10.2. The van der Waals surface area contributed by atoms with Crippen LogP contribution in [0.3, 0.4) is 0 Å². The average Bonchev–Trinajstić information content (AvgIpc) is 2.63. The summed E-state index contributed by atoms with van der Waals surface area (Å²) in [6.45, 7) is 5.56. The molecule has 0 radical (unpaired) electrons. The molecule has 0 amide bonds. The first kappa shape index (κ1) is 13.7. The summed E-state index contributed by atoms with van der Waals surface area (Å²) in [6.07, 6.45) is 0. The highest BCUT2D eigenvalue weighted by molar-refractivity contribution is 9.10. The van der Waals surface area contributed by atoms with Crippen LogP contribution in [0, 0.1) is 19.7 Å². The van der Waals surface area contributed by atoms with E-state index in [1.165, 1.54) is 21.4 Å². The van der Waals surface area contributed by atoms with Gasteiger partial charge in [-0.15, -0.1) is 11.3 Å². The van der Waals surface area contributed by atoms with Crippen LogP contribution in [0.5, 0.6) is 0 Å². The molecule has 0 aliphatic rings. The molecule has 1 aromatic heterocycles. The highest BCUT2D eigenvalue weighted by Crippen LogP contribution is 2.20. The average molecular weight is 328 g/mol. The molecular weight excluding hydrogens is 313 g/mol. The van der Waals surface area contributed by atoms with Crippen molar-refractivity contribution in [2.45, 2.75) is 26.9 Å². The van der Waals surface area contributed by atoms with Crippen LogP contribution in [0.15, 0.2) is 28.7 Å². The van der Waals surface area contributed by atoms with Gasteiger partial charge < -0.3 is 5.32 Å². The van der Waals surface area contributed by atoms with Crippen LogP contribution < -0.4 is 5.32 Å². The van der Waals surface area contributed by atoms with Crippen molar-refractivity contribution in [1.29, 1.82) is 0 Å². The summed E-state index contributed by atoms with van der Waals surface area (Å²) < 4.78 is 14.4. The number of nitrogens with one attached hydrogen (secondary N) is 1. The van der Waals surface area contributed by atoms with Gasteiger partial charge in [-0.05, 0) is 43.7 Å². The van der Waals surface area contributed by atoms with E-state index in [0.717, 1.165) is 11.0 Å². The van der Waals surface area contributed by atoms with Gasteiger partial charge in [-0.25, -0.2) is 4.39 Å². The summed E-state index contributed by atoms with van der Waals surface area (Å²) in [5.74, 6) is -0.163. The van der Waals surface area contributed by atoms with E-state index < -0.39 is 0 Å². The van der Waals surface area contributed by atoms with Crippen molar-refractivity contribution >= 4 is 27.3 Å². The molecule has 1 nitrogen and oxygen atoms in total. The van der Waals surface area contributed by atoms with E-state index in [2.05, 4.69) is 41.2 Å². The molecule has 0 fully saturated rings. The molecule has 18 heavy (non-hydrogen) atoms. The summed E-state index contributed by atoms with van der Waals surface area (Å²) in [6, 6.07) is 7.20. The predicted molar refractivity (Wildman–Crippen MR) is 78.4 cm³/mol. The largest absolute Gasteiger partial charge is 0.308 e. The van der Waals surface area contributed by atoms with Crippen molar-refractivity contribution in [3.05, 3.63) is 55.4 Å². The van der Waals surface area contributed by atoms with Gasteiger partial charge in [0.05, 0.1) is 0 Å². The predicted octanol–water partition coefficient (Wildman–Crippen LogP) is 4.56. The highest BCUT2D eigenvalue weighted by Gasteiger charge is 2.04. The Balaban J connectivity index is 1.94. The lowest BCUT2D eigenvalue weighted by Gasteiger charge is -2.05. The molecule has 0 bridgehead atoms. The molecule has 0 spiro atoms. The smallest absolute Gasteiger partial charge is 0.127 e. The molecule has 2 rings (SSSR count). The van der Waals surface area contributed by atoms with Crippen molar-refractivity contribution in [3.8, 4) is 0 Å². The van der Waals surface area contributed by atoms with E-state index in [-0.39, 0.29) is 5.82 Å². The molecule has 0 aliphatic heterocycles. The van der Waals surface area contributed by atoms with Crippen molar-refractivity contribution in [2.75, 3.05) is 0 Å². The normalized spacial score (nSPS) is 10.9. The van der Waals surface area contributed by atoms with Crippen molar-refractivity contribution in [2.24, 2.45) is 0 Å². The first-order valence-electron chi connectivity index (χ1n) is 5.77. The molecule has 1 heterocycles. The second-order valence-corrected chi connectivity index (χ2v) is 6.55. The Labute approximate surface area is 119 Å². The van der Waals surface area contributed by atoms with Gasteiger partial charge in [-0.3, -0.25) is 0 Å². The van der Waals surface area contributed by atoms with Gasteiger partial charge in [-0.2, -0.15) is 0 Å². The van der Waals surface area contributed by atoms with Crippen LogP contribution in [-0.4, -0.2) is 0 Å². The van der Waals surface area contributed by atoms with Gasteiger partial charge in [0.1, 0.15) is 5.82 Å². The van der Waals surface area contributed by atoms with Gasteiger partial charge >= 0.3 is 0 Å². The van der Waals surface area contributed by atoms with Gasteiger partial charge in [0.2, 0.25) is 0 Å². The fourth-order valence-electron chi connectivity index (χ4n) is 1.74. The molecule has 0 saturated carbocycles. The minimum Gasteiger partial charge on any atom is -0.308 e.